The number of aromatic nitrogens is 1. The minimum absolute atomic E-state index is 0.122. The molecule has 0 spiro atoms. The number of nitrogens with zero attached hydrogens (tertiary/aromatic N) is 2. The fourth-order valence-corrected chi connectivity index (χ4v) is 3.15. The first-order valence-corrected chi connectivity index (χ1v) is 8.79. The first-order valence-electron chi connectivity index (χ1n) is 7.98. The Kier molecular flexibility index (Phi) is 5.55. The van der Waals surface area contributed by atoms with Gasteiger partial charge in [-0.15, -0.1) is 0 Å². The normalized spacial score (nSPS) is 16.6. The van der Waals surface area contributed by atoms with Gasteiger partial charge in [0.25, 0.3) is 5.24 Å². The maximum absolute atomic E-state index is 11.6. The Bertz CT molecular complexity index is 737. The van der Waals surface area contributed by atoms with Gasteiger partial charge in [0.2, 0.25) is 5.12 Å². The number of benzene rings is 1. The molecular formula is C18H19N3O3S. The molecule has 0 aliphatic carbocycles. The Hall–Kier alpha value is -2.54. The van der Waals surface area contributed by atoms with Gasteiger partial charge in [-0.05, 0) is 29.8 Å². The standard InChI is InChI=1S/C18H19N3O3S/c1-21(16-4-2-3-9-19-16)10-11-24-14-7-5-13(6-8-14)12-15-17(22)25-18(23)20-15/h2-9,15H,10-12H2,1H3,(H,20,23). The van der Waals surface area contributed by atoms with Gasteiger partial charge in [0.1, 0.15) is 24.2 Å². The van der Waals surface area contributed by atoms with Crippen molar-refractivity contribution in [2.75, 3.05) is 25.1 Å². The summed E-state index contributed by atoms with van der Waals surface area (Å²) in [5.41, 5.74) is 0.985. The van der Waals surface area contributed by atoms with Gasteiger partial charge < -0.3 is 15.0 Å². The van der Waals surface area contributed by atoms with Gasteiger partial charge in [-0.25, -0.2) is 4.98 Å². The van der Waals surface area contributed by atoms with Gasteiger partial charge in [0.05, 0.1) is 6.54 Å². The molecule has 1 unspecified atom stereocenters. The minimum atomic E-state index is -0.434. The molecule has 3 rings (SSSR count). The van der Waals surface area contributed by atoms with Crippen LogP contribution in [-0.4, -0.2) is 41.6 Å². The predicted molar refractivity (Wildman–Crippen MR) is 98.1 cm³/mol. The highest BCUT2D eigenvalue weighted by molar-refractivity contribution is 8.26. The third-order valence-electron chi connectivity index (χ3n) is 3.87. The van der Waals surface area contributed by atoms with Crippen LogP contribution in [-0.2, 0) is 11.2 Å². The number of ether oxygens (including phenoxy) is 1. The van der Waals surface area contributed by atoms with Gasteiger partial charge in [0.15, 0.2) is 0 Å². The lowest BCUT2D eigenvalue weighted by Crippen LogP contribution is -2.30. The van der Waals surface area contributed by atoms with Crippen LogP contribution in [0.25, 0.3) is 0 Å². The van der Waals surface area contributed by atoms with Crippen molar-refractivity contribution < 1.29 is 14.3 Å². The predicted octanol–water partition coefficient (Wildman–Crippen LogP) is 2.49. The van der Waals surface area contributed by atoms with E-state index in [1.54, 1.807) is 6.20 Å². The van der Waals surface area contributed by atoms with Crippen molar-refractivity contribution in [3.63, 3.8) is 0 Å². The van der Waals surface area contributed by atoms with Crippen LogP contribution in [0, 0.1) is 0 Å². The van der Waals surface area contributed by atoms with Crippen LogP contribution in [0.3, 0.4) is 0 Å². The van der Waals surface area contributed by atoms with E-state index in [0.717, 1.165) is 35.4 Å². The number of rotatable bonds is 7. The third-order valence-corrected chi connectivity index (χ3v) is 4.66. The Morgan fingerprint density at radius 3 is 2.64 bits per heavy atom. The van der Waals surface area contributed by atoms with Crippen molar-refractivity contribution in [3.05, 3.63) is 54.2 Å². The summed E-state index contributed by atoms with van der Waals surface area (Å²) in [5, 5.41) is 2.27. The quantitative estimate of drug-likeness (QED) is 0.821. The van der Waals surface area contributed by atoms with Crippen LogP contribution in [0.4, 0.5) is 10.6 Å². The van der Waals surface area contributed by atoms with E-state index in [1.165, 1.54) is 0 Å². The fourth-order valence-electron chi connectivity index (χ4n) is 2.48. The zero-order valence-corrected chi connectivity index (χ0v) is 14.7. The molecule has 1 atom stereocenters. The summed E-state index contributed by atoms with van der Waals surface area (Å²) in [6, 6.07) is 13.0. The molecule has 2 heterocycles. The summed E-state index contributed by atoms with van der Waals surface area (Å²) < 4.78 is 5.75. The molecule has 7 heteroatoms. The summed E-state index contributed by atoms with van der Waals surface area (Å²) in [6.07, 6.45) is 2.27. The van der Waals surface area contributed by atoms with Crippen molar-refractivity contribution in [3.8, 4) is 5.75 Å². The number of pyridine rings is 1. The van der Waals surface area contributed by atoms with Gasteiger partial charge in [-0.1, -0.05) is 18.2 Å². The molecule has 130 valence electrons. The van der Waals surface area contributed by atoms with E-state index in [4.69, 9.17) is 4.74 Å². The number of amides is 1. The van der Waals surface area contributed by atoms with Crippen molar-refractivity contribution in [1.29, 1.82) is 0 Å². The van der Waals surface area contributed by atoms with E-state index >= 15 is 0 Å². The Morgan fingerprint density at radius 2 is 2.00 bits per heavy atom. The molecule has 0 radical (unpaired) electrons. The first-order chi connectivity index (χ1) is 12.1. The minimum Gasteiger partial charge on any atom is -0.492 e. The highest BCUT2D eigenvalue weighted by Crippen LogP contribution is 2.20. The second-order valence-electron chi connectivity index (χ2n) is 5.71. The summed E-state index contributed by atoms with van der Waals surface area (Å²) in [7, 11) is 1.97. The van der Waals surface area contributed by atoms with Crippen LogP contribution in [0.15, 0.2) is 48.7 Å². The number of carbonyl (C=O) groups excluding carboxylic acids is 2. The summed E-state index contributed by atoms with van der Waals surface area (Å²) in [6.45, 7) is 1.26. The molecule has 0 bridgehead atoms. The van der Waals surface area contributed by atoms with Crippen molar-refractivity contribution in [1.82, 2.24) is 10.3 Å². The largest absolute Gasteiger partial charge is 0.492 e. The lowest BCUT2D eigenvalue weighted by Gasteiger charge is -2.18. The smallest absolute Gasteiger partial charge is 0.287 e. The molecule has 1 aliphatic heterocycles. The number of likely N-dealkylation sites (N-methyl/N-ethyl adjacent to an activating group) is 1. The molecule has 1 fully saturated rings. The van der Waals surface area contributed by atoms with E-state index in [-0.39, 0.29) is 10.4 Å². The van der Waals surface area contributed by atoms with Gasteiger partial charge in [-0.3, -0.25) is 9.59 Å². The summed E-state index contributed by atoms with van der Waals surface area (Å²) in [5.74, 6) is 1.68. The monoisotopic (exact) mass is 357 g/mol. The molecule has 1 aliphatic rings. The average molecular weight is 357 g/mol. The van der Waals surface area contributed by atoms with Crippen LogP contribution in [0.1, 0.15) is 5.56 Å². The maximum atomic E-state index is 11.6. The number of carbonyl (C=O) groups is 2. The number of anilines is 1. The van der Waals surface area contributed by atoms with E-state index in [0.29, 0.717) is 13.0 Å². The van der Waals surface area contributed by atoms with Crippen molar-refractivity contribution in [2.45, 2.75) is 12.5 Å². The number of thioether (sulfide) groups is 1. The molecule has 0 saturated carbocycles. The number of nitrogens with one attached hydrogen (secondary N) is 1. The lowest BCUT2D eigenvalue weighted by molar-refractivity contribution is -0.112. The Balaban J connectivity index is 1.46. The van der Waals surface area contributed by atoms with E-state index < -0.39 is 6.04 Å². The van der Waals surface area contributed by atoms with Crippen LogP contribution in [0.5, 0.6) is 5.75 Å². The molecular weight excluding hydrogens is 338 g/mol. The average Bonchev–Trinajstić information content (AvgIpc) is 2.94. The molecule has 25 heavy (non-hydrogen) atoms. The molecule has 2 aromatic rings. The summed E-state index contributed by atoms with van der Waals surface area (Å²) >= 11 is 0.739. The summed E-state index contributed by atoms with van der Waals surface area (Å²) in [4.78, 5) is 29.1. The first kappa shape index (κ1) is 17.3. The van der Waals surface area contributed by atoms with Crippen molar-refractivity contribution >= 4 is 27.9 Å². The zero-order chi connectivity index (χ0) is 17.6. The molecule has 1 saturated heterocycles. The van der Waals surface area contributed by atoms with Gasteiger partial charge >= 0.3 is 0 Å². The Labute approximate surface area is 150 Å². The van der Waals surface area contributed by atoms with Crippen LogP contribution in [0.2, 0.25) is 0 Å². The highest BCUT2D eigenvalue weighted by Gasteiger charge is 2.31. The van der Waals surface area contributed by atoms with E-state index in [1.807, 2.05) is 54.4 Å². The number of hydrogen-bond donors (Lipinski definition) is 1. The molecule has 1 aromatic carbocycles. The number of hydrogen-bond acceptors (Lipinski definition) is 6. The molecule has 1 amide bonds. The van der Waals surface area contributed by atoms with Crippen LogP contribution >= 0.6 is 11.8 Å². The van der Waals surface area contributed by atoms with Crippen LogP contribution < -0.4 is 15.0 Å². The third kappa shape index (κ3) is 4.73. The second-order valence-corrected chi connectivity index (χ2v) is 6.69. The second kappa shape index (κ2) is 8.02. The van der Waals surface area contributed by atoms with E-state index in [2.05, 4.69) is 10.3 Å². The van der Waals surface area contributed by atoms with E-state index in [9.17, 15) is 9.59 Å². The molecule has 1 N–H and O–H groups in total. The topological polar surface area (TPSA) is 71.5 Å². The molecule has 1 aromatic heterocycles. The lowest BCUT2D eigenvalue weighted by atomic mass is 10.1. The maximum Gasteiger partial charge on any atom is 0.287 e. The van der Waals surface area contributed by atoms with Gasteiger partial charge in [0, 0.05) is 31.4 Å². The Morgan fingerprint density at radius 1 is 1.20 bits per heavy atom. The highest BCUT2D eigenvalue weighted by atomic mass is 32.2. The zero-order valence-electron chi connectivity index (χ0n) is 13.8. The molecule has 6 nitrogen and oxygen atoms in total. The fraction of sp³-hybridized carbons (Fsp3) is 0.278. The van der Waals surface area contributed by atoms with Crippen molar-refractivity contribution in [2.24, 2.45) is 0 Å². The van der Waals surface area contributed by atoms with Gasteiger partial charge in [-0.2, -0.15) is 0 Å². The SMILES string of the molecule is CN(CCOc1ccc(CC2NC(=O)SC2=O)cc1)c1ccccn1.